The molecule has 2 rings (SSSR count). The molecule has 0 spiro atoms. The van der Waals surface area contributed by atoms with Crippen LogP contribution in [-0.4, -0.2) is 33.7 Å². The van der Waals surface area contributed by atoms with Crippen molar-refractivity contribution in [3.63, 3.8) is 0 Å². The maximum atomic E-state index is 12.6. The van der Waals surface area contributed by atoms with Crippen LogP contribution in [0.3, 0.4) is 0 Å². The number of amides is 1. The molecule has 1 amide bonds. The van der Waals surface area contributed by atoms with Gasteiger partial charge >= 0.3 is 0 Å². The lowest BCUT2D eigenvalue weighted by Crippen LogP contribution is -2.37. The molecule has 0 bridgehead atoms. The first kappa shape index (κ1) is 21.8. The summed E-state index contributed by atoms with van der Waals surface area (Å²) in [4.78, 5) is 12.6. The average Bonchev–Trinajstić information content (AvgIpc) is 2.65. The van der Waals surface area contributed by atoms with E-state index in [0.717, 1.165) is 40.2 Å². The van der Waals surface area contributed by atoms with Crippen LogP contribution in [0.4, 0.5) is 11.4 Å². The average molecular weight is 405 g/mol. The van der Waals surface area contributed by atoms with Gasteiger partial charge in [0.25, 0.3) is 0 Å². The first-order chi connectivity index (χ1) is 13.3. The number of anilines is 2. The molecule has 2 aromatic rings. The largest absolute Gasteiger partial charge is 0.494 e. The van der Waals surface area contributed by atoms with E-state index >= 15 is 0 Å². The fourth-order valence-electron chi connectivity index (χ4n) is 2.84. The van der Waals surface area contributed by atoms with Gasteiger partial charge in [-0.05, 0) is 55.2 Å². The zero-order chi connectivity index (χ0) is 20.7. The van der Waals surface area contributed by atoms with Crippen molar-refractivity contribution >= 4 is 27.3 Å². The Bertz CT molecular complexity index is 909. The molecule has 1 N–H and O–H groups in total. The molecule has 0 aliphatic carbocycles. The highest BCUT2D eigenvalue weighted by atomic mass is 32.2. The van der Waals surface area contributed by atoms with Crippen LogP contribution in [0.25, 0.3) is 0 Å². The summed E-state index contributed by atoms with van der Waals surface area (Å²) in [7, 11) is -3.63. The van der Waals surface area contributed by atoms with Gasteiger partial charge in [0.2, 0.25) is 15.9 Å². The first-order valence-corrected chi connectivity index (χ1v) is 11.2. The molecule has 7 heteroatoms. The molecule has 0 fully saturated rings. The Balaban J connectivity index is 2.20. The summed E-state index contributed by atoms with van der Waals surface area (Å²) < 4.78 is 31.2. The Kier molecular flexibility index (Phi) is 7.45. The number of para-hydroxylation sites is 1. The minimum atomic E-state index is -3.63. The Morgan fingerprint density at radius 3 is 2.36 bits per heavy atom. The normalized spacial score (nSPS) is 11.1. The van der Waals surface area contributed by atoms with Crippen LogP contribution < -0.4 is 14.4 Å². The van der Waals surface area contributed by atoms with Crippen molar-refractivity contribution in [2.45, 2.75) is 33.6 Å². The van der Waals surface area contributed by atoms with E-state index in [0.29, 0.717) is 18.0 Å². The number of nitrogens with one attached hydrogen (secondary N) is 1. The number of nitrogens with zero attached hydrogens (tertiary/aromatic N) is 1. The number of hydrogen-bond donors (Lipinski definition) is 1. The number of ether oxygens (including phenoxy) is 1. The molecule has 2 aromatic carbocycles. The van der Waals surface area contributed by atoms with E-state index in [9.17, 15) is 13.2 Å². The third kappa shape index (κ3) is 5.73. The minimum Gasteiger partial charge on any atom is -0.494 e. The zero-order valence-electron chi connectivity index (χ0n) is 16.9. The van der Waals surface area contributed by atoms with Gasteiger partial charge in [0, 0.05) is 5.69 Å². The van der Waals surface area contributed by atoms with Crippen molar-refractivity contribution in [1.82, 2.24) is 0 Å². The molecule has 0 aromatic heterocycles. The van der Waals surface area contributed by atoms with Gasteiger partial charge in [-0.2, -0.15) is 0 Å². The predicted molar refractivity (Wildman–Crippen MR) is 114 cm³/mol. The number of carbonyl (C=O) groups excluding carboxylic acids is 1. The van der Waals surface area contributed by atoms with Crippen LogP contribution in [0.1, 0.15) is 31.4 Å². The van der Waals surface area contributed by atoms with Crippen molar-refractivity contribution in [1.29, 1.82) is 0 Å². The third-order valence-electron chi connectivity index (χ3n) is 4.29. The highest BCUT2D eigenvalue weighted by Gasteiger charge is 2.21. The smallest absolute Gasteiger partial charge is 0.245 e. The molecule has 0 radical (unpaired) electrons. The van der Waals surface area contributed by atoms with E-state index in [1.165, 1.54) is 0 Å². The van der Waals surface area contributed by atoms with Gasteiger partial charge < -0.3 is 10.1 Å². The van der Waals surface area contributed by atoms with Crippen molar-refractivity contribution in [2.24, 2.45) is 0 Å². The zero-order valence-corrected chi connectivity index (χ0v) is 17.7. The molecule has 0 heterocycles. The van der Waals surface area contributed by atoms with Crippen LogP contribution in [0.5, 0.6) is 5.75 Å². The summed E-state index contributed by atoms with van der Waals surface area (Å²) >= 11 is 0. The van der Waals surface area contributed by atoms with Crippen molar-refractivity contribution < 1.29 is 17.9 Å². The van der Waals surface area contributed by atoms with E-state index in [1.807, 2.05) is 39.0 Å². The number of sulfonamides is 1. The summed E-state index contributed by atoms with van der Waals surface area (Å²) in [5.41, 5.74) is 3.11. The fraction of sp³-hybridized carbons (Fsp3) is 0.381. The van der Waals surface area contributed by atoms with Gasteiger partial charge in [-0.1, -0.05) is 32.0 Å². The van der Waals surface area contributed by atoms with Gasteiger partial charge in [0.1, 0.15) is 12.3 Å². The van der Waals surface area contributed by atoms with E-state index in [-0.39, 0.29) is 12.5 Å². The molecule has 6 nitrogen and oxygen atoms in total. The summed E-state index contributed by atoms with van der Waals surface area (Å²) in [6.45, 7) is 6.23. The first-order valence-electron chi connectivity index (χ1n) is 9.35. The molecule has 0 aliphatic heterocycles. The molecule has 0 unspecified atom stereocenters. The molecule has 0 saturated carbocycles. The monoisotopic (exact) mass is 404 g/mol. The second-order valence-corrected chi connectivity index (χ2v) is 8.53. The van der Waals surface area contributed by atoms with E-state index in [1.54, 1.807) is 24.3 Å². The van der Waals surface area contributed by atoms with Crippen LogP contribution in [0.15, 0.2) is 42.5 Å². The summed E-state index contributed by atoms with van der Waals surface area (Å²) in [6, 6.07) is 12.5. The number of benzene rings is 2. The lowest BCUT2D eigenvalue weighted by molar-refractivity contribution is -0.114. The van der Waals surface area contributed by atoms with Crippen LogP contribution in [0, 0.1) is 6.92 Å². The highest BCUT2D eigenvalue weighted by Crippen LogP contribution is 2.24. The van der Waals surface area contributed by atoms with Crippen molar-refractivity contribution in [3.8, 4) is 5.75 Å². The molecule has 0 atom stereocenters. The standard InChI is InChI=1S/C21H28N2O4S/c1-5-14-27-19-12-10-18(11-13-19)23(28(4,25)26)15-20(24)22-21-16(3)8-7-9-17(21)6-2/h7-13H,5-6,14-15H2,1-4H3,(H,22,24). The Labute approximate surface area is 167 Å². The Morgan fingerprint density at radius 2 is 1.79 bits per heavy atom. The van der Waals surface area contributed by atoms with Gasteiger partial charge in [-0.3, -0.25) is 9.10 Å². The third-order valence-corrected chi connectivity index (χ3v) is 5.43. The van der Waals surface area contributed by atoms with Gasteiger partial charge in [-0.25, -0.2) is 8.42 Å². The molecular weight excluding hydrogens is 376 g/mol. The molecule has 0 saturated heterocycles. The summed E-state index contributed by atoms with van der Waals surface area (Å²) in [5.74, 6) is 0.275. The SMILES string of the molecule is CCCOc1ccc(N(CC(=O)Nc2c(C)cccc2CC)S(C)(=O)=O)cc1. The van der Waals surface area contributed by atoms with Crippen molar-refractivity contribution in [3.05, 3.63) is 53.6 Å². The second-order valence-electron chi connectivity index (χ2n) is 6.62. The lowest BCUT2D eigenvalue weighted by atomic mass is 10.1. The number of rotatable bonds is 9. The summed E-state index contributed by atoms with van der Waals surface area (Å²) in [6.07, 6.45) is 2.75. The minimum absolute atomic E-state index is 0.300. The van der Waals surface area contributed by atoms with Gasteiger partial charge in [0.05, 0.1) is 18.6 Å². The molecular formula is C21H28N2O4S. The maximum Gasteiger partial charge on any atom is 0.245 e. The van der Waals surface area contributed by atoms with Crippen LogP contribution in [0.2, 0.25) is 0 Å². The maximum absolute atomic E-state index is 12.6. The van der Waals surface area contributed by atoms with E-state index < -0.39 is 10.0 Å². The fourth-order valence-corrected chi connectivity index (χ4v) is 3.70. The van der Waals surface area contributed by atoms with Crippen LogP contribution in [-0.2, 0) is 21.2 Å². The van der Waals surface area contributed by atoms with Gasteiger partial charge in [0.15, 0.2) is 0 Å². The highest BCUT2D eigenvalue weighted by molar-refractivity contribution is 7.92. The van der Waals surface area contributed by atoms with Crippen LogP contribution >= 0.6 is 0 Å². The Morgan fingerprint density at radius 1 is 1.11 bits per heavy atom. The van der Waals surface area contributed by atoms with E-state index in [2.05, 4.69) is 5.32 Å². The number of hydrogen-bond acceptors (Lipinski definition) is 4. The van der Waals surface area contributed by atoms with Gasteiger partial charge in [-0.15, -0.1) is 0 Å². The molecule has 152 valence electrons. The quantitative estimate of drug-likeness (QED) is 0.691. The molecule has 28 heavy (non-hydrogen) atoms. The second kappa shape index (κ2) is 9.59. The number of aryl methyl sites for hydroxylation is 2. The molecule has 0 aliphatic rings. The lowest BCUT2D eigenvalue weighted by Gasteiger charge is -2.23. The Hall–Kier alpha value is -2.54. The topological polar surface area (TPSA) is 75.7 Å². The predicted octanol–water partition coefficient (Wildman–Crippen LogP) is 3.75. The number of carbonyl (C=O) groups is 1. The van der Waals surface area contributed by atoms with E-state index in [4.69, 9.17) is 4.74 Å². The van der Waals surface area contributed by atoms with Crippen molar-refractivity contribution in [2.75, 3.05) is 29.0 Å². The summed E-state index contributed by atoms with van der Waals surface area (Å²) in [5, 5.41) is 2.87.